The summed E-state index contributed by atoms with van der Waals surface area (Å²) in [6.45, 7) is 14.8. The Morgan fingerprint density at radius 3 is 2.06 bits per heavy atom. The molecule has 0 aromatic heterocycles. The number of nitrogens with one attached hydrogen (secondary N) is 4. The number of hydrogen-bond acceptors (Lipinski definition) is 7. The number of hydrogen-bond donors (Lipinski definition) is 4. The van der Waals surface area contributed by atoms with E-state index in [1.165, 1.54) is 4.90 Å². The fraction of sp³-hybridized carbons (Fsp3) is 0.757. The van der Waals surface area contributed by atoms with Gasteiger partial charge in [0, 0.05) is 25.9 Å². The van der Waals surface area contributed by atoms with Crippen molar-refractivity contribution in [2.75, 3.05) is 18.8 Å². The Kier molecular flexibility index (Phi) is 12.5. The molecule has 5 amide bonds. The van der Waals surface area contributed by atoms with Crippen molar-refractivity contribution < 1.29 is 32.4 Å². The molecule has 0 spiro atoms. The van der Waals surface area contributed by atoms with Crippen molar-refractivity contribution in [2.24, 2.45) is 22.7 Å². The number of fused-ring (bicyclic) bond motifs is 1. The van der Waals surface area contributed by atoms with E-state index in [4.69, 9.17) is 12.8 Å². The molecule has 2 aliphatic carbocycles. The standard InChI is InChI=1S/C37H57N5O7S/c1-11-13-18-25(28(43)31(45)38-21-14-12-2)39-30(44)27-26-24(36(26,9)10)22-42(27)32(46)29(34(3,4)5)40-33(47)41-37(19-16-15-17-20-37)23-50(48,49)35(6,7)8/h1-2,24-27,29H,13-23H2,3-10H3,(H,38,45)(H,39,44)(H2,40,41,47)/t24?,25?,26?,27-,29+/m0/s1. The smallest absolute Gasteiger partial charge is 0.315 e. The van der Waals surface area contributed by atoms with Crippen LogP contribution in [0.3, 0.4) is 0 Å². The Balaban J connectivity index is 1.86. The number of nitrogens with zero attached hydrogens (tertiary/aromatic N) is 1. The van der Waals surface area contributed by atoms with Gasteiger partial charge in [-0.2, -0.15) is 0 Å². The average molecular weight is 716 g/mol. The van der Waals surface area contributed by atoms with Crippen molar-refractivity contribution in [1.29, 1.82) is 0 Å². The molecule has 2 saturated carbocycles. The van der Waals surface area contributed by atoms with Gasteiger partial charge in [-0.1, -0.05) is 53.9 Å². The highest BCUT2D eigenvalue weighted by molar-refractivity contribution is 7.92. The predicted molar refractivity (Wildman–Crippen MR) is 192 cm³/mol. The minimum atomic E-state index is -3.58. The Labute approximate surface area is 298 Å². The second kappa shape index (κ2) is 15.3. The summed E-state index contributed by atoms with van der Waals surface area (Å²) in [5.41, 5.74) is -2.02. The molecule has 3 fully saturated rings. The highest BCUT2D eigenvalue weighted by Gasteiger charge is 2.70. The monoisotopic (exact) mass is 715 g/mol. The summed E-state index contributed by atoms with van der Waals surface area (Å²) in [6.07, 6.45) is 14.5. The van der Waals surface area contributed by atoms with Gasteiger partial charge < -0.3 is 26.2 Å². The first kappa shape index (κ1) is 40.8. The number of carbonyl (C=O) groups is 5. The second-order valence-corrected chi connectivity index (χ2v) is 19.6. The van der Waals surface area contributed by atoms with Crippen LogP contribution < -0.4 is 21.3 Å². The largest absolute Gasteiger partial charge is 0.348 e. The van der Waals surface area contributed by atoms with Crippen molar-refractivity contribution >= 4 is 39.4 Å². The summed E-state index contributed by atoms with van der Waals surface area (Å²) in [6, 6.07) is -3.88. The molecule has 3 unspecified atom stereocenters. The Hall–Kier alpha value is -3.58. The molecule has 5 atom stereocenters. The molecule has 13 heteroatoms. The van der Waals surface area contributed by atoms with Gasteiger partial charge in [-0.05, 0) is 62.7 Å². The van der Waals surface area contributed by atoms with Crippen LogP contribution in [0.5, 0.6) is 0 Å². The fourth-order valence-corrected chi connectivity index (χ4v) is 8.92. The van der Waals surface area contributed by atoms with Crippen molar-refractivity contribution in [2.45, 2.75) is 135 Å². The topological polar surface area (TPSA) is 171 Å². The third kappa shape index (κ3) is 9.20. The molecule has 0 aromatic rings. The van der Waals surface area contributed by atoms with E-state index >= 15 is 0 Å². The molecule has 1 aliphatic heterocycles. The first-order valence-corrected chi connectivity index (χ1v) is 19.3. The van der Waals surface area contributed by atoms with Crippen molar-refractivity contribution in [3.63, 3.8) is 0 Å². The number of carbonyl (C=O) groups excluding carboxylic acids is 5. The van der Waals surface area contributed by atoms with Gasteiger partial charge >= 0.3 is 6.03 Å². The molecule has 278 valence electrons. The van der Waals surface area contributed by atoms with Crippen LogP contribution in [0.25, 0.3) is 0 Å². The lowest BCUT2D eigenvalue weighted by Crippen LogP contribution is -2.64. The molecule has 0 bridgehead atoms. The molecule has 3 aliphatic rings. The van der Waals surface area contributed by atoms with Crippen LogP contribution in [0.2, 0.25) is 0 Å². The normalized spacial score (nSPS) is 23.6. The van der Waals surface area contributed by atoms with Gasteiger partial charge in [0.25, 0.3) is 5.91 Å². The number of piperidine rings is 1. The summed E-state index contributed by atoms with van der Waals surface area (Å²) in [7, 11) is -3.58. The lowest BCUT2D eigenvalue weighted by atomic mass is 9.83. The highest BCUT2D eigenvalue weighted by Crippen LogP contribution is 2.65. The molecular weight excluding hydrogens is 659 g/mol. The average Bonchev–Trinajstić information content (AvgIpc) is 3.31. The highest BCUT2D eigenvalue weighted by atomic mass is 32.2. The number of ketones is 1. The number of sulfone groups is 1. The van der Waals surface area contributed by atoms with E-state index in [-0.39, 0.29) is 55.4 Å². The van der Waals surface area contributed by atoms with Crippen LogP contribution in [0.4, 0.5) is 4.79 Å². The maximum atomic E-state index is 14.4. The van der Waals surface area contributed by atoms with Crippen molar-refractivity contribution in [3.8, 4) is 24.7 Å². The van der Waals surface area contributed by atoms with E-state index in [9.17, 15) is 32.4 Å². The predicted octanol–water partition coefficient (Wildman–Crippen LogP) is 2.71. The first-order valence-electron chi connectivity index (χ1n) is 17.6. The van der Waals surface area contributed by atoms with Gasteiger partial charge in [0.2, 0.25) is 17.6 Å². The number of rotatable bonds is 13. The summed E-state index contributed by atoms with van der Waals surface area (Å²) in [4.78, 5) is 69.4. The maximum Gasteiger partial charge on any atom is 0.315 e. The van der Waals surface area contributed by atoms with Crippen LogP contribution in [0, 0.1) is 47.4 Å². The van der Waals surface area contributed by atoms with E-state index in [1.807, 2.05) is 13.8 Å². The molecule has 12 nitrogen and oxygen atoms in total. The Bertz CT molecular complexity index is 1520. The summed E-state index contributed by atoms with van der Waals surface area (Å²) in [5.74, 6) is 1.63. The van der Waals surface area contributed by atoms with Crippen molar-refractivity contribution in [1.82, 2.24) is 26.2 Å². The van der Waals surface area contributed by atoms with Gasteiger partial charge in [0.1, 0.15) is 12.1 Å². The Morgan fingerprint density at radius 2 is 1.52 bits per heavy atom. The van der Waals surface area contributed by atoms with E-state index in [1.54, 1.807) is 41.5 Å². The minimum absolute atomic E-state index is 0.0108. The first-order chi connectivity index (χ1) is 23.0. The van der Waals surface area contributed by atoms with E-state index in [2.05, 4.69) is 33.1 Å². The van der Waals surface area contributed by atoms with Crippen LogP contribution in [-0.2, 0) is 29.0 Å². The third-order valence-corrected chi connectivity index (χ3v) is 13.5. The molecule has 50 heavy (non-hydrogen) atoms. The fourth-order valence-electron chi connectivity index (χ4n) is 7.40. The number of terminal acetylenes is 2. The van der Waals surface area contributed by atoms with Crippen LogP contribution in [0.15, 0.2) is 0 Å². The summed E-state index contributed by atoms with van der Waals surface area (Å²) < 4.78 is 25.6. The van der Waals surface area contributed by atoms with Gasteiger partial charge in [0.15, 0.2) is 9.84 Å². The van der Waals surface area contributed by atoms with Crippen LogP contribution >= 0.6 is 0 Å². The number of amides is 5. The minimum Gasteiger partial charge on any atom is -0.348 e. The zero-order valence-electron chi connectivity index (χ0n) is 31.0. The number of urea groups is 1. The quantitative estimate of drug-likeness (QED) is 0.129. The maximum absolute atomic E-state index is 14.4. The zero-order valence-corrected chi connectivity index (χ0v) is 31.8. The molecular formula is C37H57N5O7S. The molecule has 0 aromatic carbocycles. The SMILES string of the molecule is C#CCCNC(=O)C(=O)C(CCC#C)NC(=O)[C@@H]1C2C(CN1C(=O)[C@@H](NC(=O)NC1(CS(=O)(=O)C(C)(C)C)CCCCC1)C(C)(C)C)C2(C)C. The van der Waals surface area contributed by atoms with E-state index < -0.39 is 73.2 Å². The van der Waals surface area contributed by atoms with E-state index in [0.717, 1.165) is 19.3 Å². The lowest BCUT2D eigenvalue weighted by Gasteiger charge is -2.41. The van der Waals surface area contributed by atoms with E-state index in [0.29, 0.717) is 12.8 Å². The zero-order chi connectivity index (χ0) is 37.9. The number of likely N-dealkylation sites (tertiary alicyclic amines) is 1. The van der Waals surface area contributed by atoms with Crippen molar-refractivity contribution in [3.05, 3.63) is 0 Å². The van der Waals surface area contributed by atoms with Crippen LogP contribution in [0.1, 0.15) is 107 Å². The van der Waals surface area contributed by atoms with Gasteiger partial charge in [-0.15, -0.1) is 24.7 Å². The molecule has 3 rings (SSSR count). The van der Waals surface area contributed by atoms with Gasteiger partial charge in [-0.25, -0.2) is 13.2 Å². The molecule has 0 radical (unpaired) electrons. The lowest BCUT2D eigenvalue weighted by molar-refractivity contribution is -0.145. The third-order valence-electron chi connectivity index (χ3n) is 10.7. The second-order valence-electron chi connectivity index (χ2n) is 16.9. The van der Waals surface area contributed by atoms with Crippen LogP contribution in [-0.4, -0.2) is 90.1 Å². The number of Topliss-reactive ketones (excluding diaryl/α,β-unsaturated/α-hetero) is 1. The van der Waals surface area contributed by atoms with Gasteiger partial charge in [0.05, 0.1) is 22.1 Å². The molecule has 1 saturated heterocycles. The molecule has 1 heterocycles. The molecule has 4 N–H and O–H groups in total. The van der Waals surface area contributed by atoms with Gasteiger partial charge in [-0.3, -0.25) is 19.2 Å². The summed E-state index contributed by atoms with van der Waals surface area (Å²) >= 11 is 0. The Morgan fingerprint density at radius 1 is 0.920 bits per heavy atom. The summed E-state index contributed by atoms with van der Waals surface area (Å²) in [5, 5.41) is 11.0.